The number of nitrogens with zero attached hydrogens (tertiary/aromatic N) is 2. The molecule has 2 N–H and O–H groups in total. The second kappa shape index (κ2) is 9.02. The molecule has 160 valence electrons. The molecule has 0 radical (unpaired) electrons. The molecule has 7 nitrogen and oxygen atoms in total. The van der Waals surface area contributed by atoms with Crippen LogP contribution in [-0.4, -0.2) is 34.9 Å². The minimum absolute atomic E-state index is 0.0220. The number of benzene rings is 1. The summed E-state index contributed by atoms with van der Waals surface area (Å²) in [6, 6.07) is 11.6. The van der Waals surface area contributed by atoms with Crippen molar-refractivity contribution in [3.8, 4) is 5.75 Å². The lowest BCUT2D eigenvalue weighted by molar-refractivity contribution is 0.0844. The lowest BCUT2D eigenvalue weighted by Gasteiger charge is -2.22. The maximum Gasteiger partial charge on any atom is 0.272 e. The molecule has 1 aromatic carbocycles. The van der Waals surface area contributed by atoms with Crippen LogP contribution >= 0.6 is 0 Å². The third kappa shape index (κ3) is 4.42. The Hall–Kier alpha value is -2.64. The van der Waals surface area contributed by atoms with Crippen molar-refractivity contribution in [2.75, 3.05) is 20.3 Å². The third-order valence-corrected chi connectivity index (χ3v) is 5.82. The van der Waals surface area contributed by atoms with Gasteiger partial charge >= 0.3 is 0 Å². The van der Waals surface area contributed by atoms with Crippen molar-refractivity contribution in [1.29, 1.82) is 0 Å². The predicted octanol–water partition coefficient (Wildman–Crippen LogP) is 3.41. The number of rotatable bonds is 7. The number of nitrogens with one attached hydrogen (secondary N) is 2. The smallest absolute Gasteiger partial charge is 0.272 e. The van der Waals surface area contributed by atoms with Crippen molar-refractivity contribution in [3.05, 3.63) is 63.7 Å². The van der Waals surface area contributed by atoms with Crippen LogP contribution in [0.4, 0.5) is 0 Å². The fraction of sp³-hybridized carbons (Fsp3) is 0.478. The molecule has 1 aliphatic rings. The van der Waals surface area contributed by atoms with Crippen molar-refractivity contribution in [2.45, 2.75) is 45.2 Å². The summed E-state index contributed by atoms with van der Waals surface area (Å²) in [6.45, 7) is 6.49. The fourth-order valence-corrected chi connectivity index (χ4v) is 4.06. The molecule has 3 heterocycles. The average molecular weight is 411 g/mol. The zero-order valence-electron chi connectivity index (χ0n) is 17.9. The summed E-state index contributed by atoms with van der Waals surface area (Å²) >= 11 is 0. The summed E-state index contributed by atoms with van der Waals surface area (Å²) in [5.74, 6) is 1.51. The number of ether oxygens (including phenoxy) is 2. The molecule has 2 aromatic heterocycles. The van der Waals surface area contributed by atoms with E-state index in [0.717, 1.165) is 48.8 Å². The van der Waals surface area contributed by atoms with Gasteiger partial charge in [-0.3, -0.25) is 9.89 Å². The first kappa shape index (κ1) is 20.6. The number of fused-ring (bicyclic) bond motifs is 1. The highest BCUT2D eigenvalue weighted by atomic mass is 16.5. The number of methoxy groups -OCH3 is 1. The van der Waals surface area contributed by atoms with Crippen LogP contribution in [0, 0.1) is 5.92 Å². The van der Waals surface area contributed by atoms with Gasteiger partial charge in [0.25, 0.3) is 5.56 Å². The molecule has 30 heavy (non-hydrogen) atoms. The van der Waals surface area contributed by atoms with E-state index in [1.165, 1.54) is 0 Å². The Morgan fingerprint density at radius 2 is 1.97 bits per heavy atom. The van der Waals surface area contributed by atoms with Crippen molar-refractivity contribution in [2.24, 2.45) is 5.92 Å². The standard InChI is InChI=1S/C23H30N4O3/c1-15(2)23(24-14-16-4-6-18(29-3)7-5-16)20-13-22(28)27-21(25-20)12-19(26-27)17-8-10-30-11-9-17/h4-7,12-13,15,17,23-24,26H,8-11,14H2,1-3H3/t23-/m1/s1. The van der Waals surface area contributed by atoms with Gasteiger partial charge in [-0.2, -0.15) is 0 Å². The summed E-state index contributed by atoms with van der Waals surface area (Å²) in [4.78, 5) is 17.6. The Bertz CT molecular complexity index is 1030. The highest BCUT2D eigenvalue weighted by molar-refractivity contribution is 5.41. The van der Waals surface area contributed by atoms with E-state index in [2.05, 4.69) is 24.3 Å². The van der Waals surface area contributed by atoms with Crippen LogP contribution in [0.5, 0.6) is 5.75 Å². The highest BCUT2D eigenvalue weighted by Crippen LogP contribution is 2.27. The summed E-state index contributed by atoms with van der Waals surface area (Å²) in [6.07, 6.45) is 1.93. The largest absolute Gasteiger partial charge is 0.497 e. The zero-order chi connectivity index (χ0) is 21.1. The van der Waals surface area contributed by atoms with Crippen LogP contribution in [0.25, 0.3) is 5.65 Å². The van der Waals surface area contributed by atoms with Gasteiger partial charge < -0.3 is 14.8 Å². The van der Waals surface area contributed by atoms with Crippen LogP contribution in [0.3, 0.4) is 0 Å². The number of H-pyrrole nitrogens is 1. The lowest BCUT2D eigenvalue weighted by Crippen LogP contribution is -2.28. The van der Waals surface area contributed by atoms with E-state index in [9.17, 15) is 4.79 Å². The molecule has 1 saturated heterocycles. The molecule has 7 heteroatoms. The molecule has 4 rings (SSSR count). The molecule has 0 amide bonds. The van der Waals surface area contributed by atoms with Crippen LogP contribution in [0.2, 0.25) is 0 Å². The van der Waals surface area contributed by atoms with Gasteiger partial charge in [-0.1, -0.05) is 26.0 Å². The molecular weight excluding hydrogens is 380 g/mol. The monoisotopic (exact) mass is 410 g/mol. The van der Waals surface area contributed by atoms with Gasteiger partial charge in [-0.25, -0.2) is 9.50 Å². The van der Waals surface area contributed by atoms with Gasteiger partial charge in [-0.15, -0.1) is 0 Å². The first-order valence-corrected chi connectivity index (χ1v) is 10.6. The SMILES string of the molecule is COc1ccc(CN[C@@H](c2cc(=O)n3[nH]c(C4CCOCC4)cc3n2)C(C)C)cc1. The van der Waals surface area contributed by atoms with Crippen molar-refractivity contribution in [1.82, 2.24) is 19.9 Å². The average Bonchev–Trinajstić information content (AvgIpc) is 3.20. The normalized spacial score (nSPS) is 16.3. The molecular formula is C23H30N4O3. The van der Waals surface area contributed by atoms with E-state index in [-0.39, 0.29) is 17.5 Å². The van der Waals surface area contributed by atoms with Crippen LogP contribution in [0.15, 0.2) is 41.2 Å². The molecule has 1 atom stereocenters. The first-order valence-electron chi connectivity index (χ1n) is 10.6. The van der Waals surface area contributed by atoms with E-state index < -0.39 is 0 Å². The first-order chi connectivity index (χ1) is 14.5. The van der Waals surface area contributed by atoms with E-state index >= 15 is 0 Å². The van der Waals surface area contributed by atoms with E-state index in [4.69, 9.17) is 14.5 Å². The quantitative estimate of drug-likeness (QED) is 0.624. The number of aromatic amines is 1. The minimum atomic E-state index is -0.0785. The molecule has 3 aromatic rings. The van der Waals surface area contributed by atoms with E-state index in [1.807, 2.05) is 30.3 Å². The summed E-state index contributed by atoms with van der Waals surface area (Å²) < 4.78 is 12.2. The second-order valence-corrected chi connectivity index (χ2v) is 8.26. The van der Waals surface area contributed by atoms with Gasteiger partial charge in [0, 0.05) is 43.5 Å². The van der Waals surface area contributed by atoms with Gasteiger partial charge in [0.05, 0.1) is 18.8 Å². The fourth-order valence-electron chi connectivity index (χ4n) is 4.06. The number of aromatic nitrogens is 3. The lowest BCUT2D eigenvalue weighted by atomic mass is 9.97. The van der Waals surface area contributed by atoms with Crippen molar-refractivity contribution in [3.63, 3.8) is 0 Å². The van der Waals surface area contributed by atoms with Gasteiger partial charge in [0.2, 0.25) is 0 Å². The van der Waals surface area contributed by atoms with Gasteiger partial charge in [0.15, 0.2) is 5.65 Å². The molecule has 0 bridgehead atoms. The topological polar surface area (TPSA) is 80.6 Å². The Labute approximate surface area is 176 Å². The zero-order valence-corrected chi connectivity index (χ0v) is 17.9. The minimum Gasteiger partial charge on any atom is -0.497 e. The number of hydrogen-bond donors (Lipinski definition) is 2. The molecule has 1 fully saturated rings. The second-order valence-electron chi connectivity index (χ2n) is 8.26. The Morgan fingerprint density at radius 3 is 2.63 bits per heavy atom. The summed E-state index contributed by atoms with van der Waals surface area (Å²) in [5, 5.41) is 6.82. The molecule has 0 unspecified atom stereocenters. The van der Waals surface area contributed by atoms with Gasteiger partial charge in [-0.05, 0) is 36.5 Å². The maximum absolute atomic E-state index is 12.8. The molecule has 0 saturated carbocycles. The maximum atomic E-state index is 12.8. The van der Waals surface area contributed by atoms with E-state index in [0.29, 0.717) is 18.1 Å². The molecule has 0 aliphatic carbocycles. The third-order valence-electron chi connectivity index (χ3n) is 5.82. The van der Waals surface area contributed by atoms with E-state index in [1.54, 1.807) is 17.7 Å². The predicted molar refractivity (Wildman–Crippen MR) is 116 cm³/mol. The molecule has 0 spiro atoms. The van der Waals surface area contributed by atoms with Crippen LogP contribution in [0.1, 0.15) is 55.6 Å². The Morgan fingerprint density at radius 1 is 1.23 bits per heavy atom. The van der Waals surface area contributed by atoms with Crippen LogP contribution < -0.4 is 15.6 Å². The van der Waals surface area contributed by atoms with Crippen molar-refractivity contribution < 1.29 is 9.47 Å². The Balaban J connectivity index is 1.57. The highest BCUT2D eigenvalue weighted by Gasteiger charge is 2.22. The van der Waals surface area contributed by atoms with Gasteiger partial charge in [0.1, 0.15) is 5.75 Å². The number of hydrogen-bond acceptors (Lipinski definition) is 5. The Kier molecular flexibility index (Phi) is 6.20. The summed E-state index contributed by atoms with van der Waals surface area (Å²) in [7, 11) is 1.66. The van der Waals surface area contributed by atoms with Crippen molar-refractivity contribution >= 4 is 5.65 Å². The molecule has 1 aliphatic heterocycles. The summed E-state index contributed by atoms with van der Waals surface area (Å²) in [5.41, 5.74) is 3.59. The van der Waals surface area contributed by atoms with Crippen LogP contribution in [-0.2, 0) is 11.3 Å².